The molecule has 27 heavy (non-hydrogen) atoms. The van der Waals surface area contributed by atoms with Gasteiger partial charge < -0.3 is 16.0 Å². The lowest BCUT2D eigenvalue weighted by Gasteiger charge is -2.29. The van der Waals surface area contributed by atoms with Gasteiger partial charge in [-0.3, -0.25) is 4.90 Å². The van der Waals surface area contributed by atoms with Crippen molar-refractivity contribution >= 4 is 17.3 Å². The van der Waals surface area contributed by atoms with E-state index in [0.29, 0.717) is 5.50 Å². The van der Waals surface area contributed by atoms with E-state index in [1.54, 1.807) is 0 Å². The van der Waals surface area contributed by atoms with Gasteiger partial charge in [0.1, 0.15) is 11.7 Å². The van der Waals surface area contributed by atoms with Gasteiger partial charge in [-0.05, 0) is 41.9 Å². The number of hydrogen-bond acceptors (Lipinski definition) is 5. The number of nitrogens with one attached hydrogen (secondary N) is 3. The zero-order valence-corrected chi connectivity index (χ0v) is 16.4. The molecule has 0 spiro atoms. The molecule has 3 N–H and O–H groups in total. The van der Waals surface area contributed by atoms with Crippen LogP contribution in [-0.2, 0) is 0 Å². The number of rotatable bonds is 6. The van der Waals surface area contributed by atoms with Crippen molar-refractivity contribution in [3.8, 4) is 0 Å². The first-order chi connectivity index (χ1) is 13.3. The Bertz CT molecular complexity index is 835. The summed E-state index contributed by atoms with van der Waals surface area (Å²) >= 11 is 1.91. The summed E-state index contributed by atoms with van der Waals surface area (Å²) in [7, 11) is 0. The predicted molar refractivity (Wildman–Crippen MR) is 113 cm³/mol. The lowest BCUT2D eigenvalue weighted by Crippen LogP contribution is -2.42. The third kappa shape index (κ3) is 3.30. The number of fused-ring (bicyclic) bond motifs is 1. The first kappa shape index (κ1) is 17.0. The number of hydrogen-bond donors (Lipinski definition) is 3. The van der Waals surface area contributed by atoms with Crippen molar-refractivity contribution < 1.29 is 0 Å². The van der Waals surface area contributed by atoms with Gasteiger partial charge in [0.05, 0.1) is 5.70 Å². The molecule has 1 aromatic rings. The third-order valence-electron chi connectivity index (χ3n) is 5.52. The Balaban J connectivity index is 1.34. The Morgan fingerprint density at radius 1 is 1.11 bits per heavy atom. The summed E-state index contributed by atoms with van der Waals surface area (Å²) in [6.45, 7) is 3.44. The minimum Gasteiger partial charge on any atom is -0.367 e. The van der Waals surface area contributed by atoms with Crippen LogP contribution in [0, 0.1) is 0 Å². The highest BCUT2D eigenvalue weighted by molar-refractivity contribution is 8.02. The fourth-order valence-electron chi connectivity index (χ4n) is 4.00. The third-order valence-corrected chi connectivity index (χ3v) is 6.54. The molecule has 4 aliphatic rings. The second-order valence-electron chi connectivity index (χ2n) is 7.52. The molecule has 0 amide bonds. The van der Waals surface area contributed by atoms with Crippen molar-refractivity contribution in [1.82, 2.24) is 20.9 Å². The van der Waals surface area contributed by atoms with E-state index >= 15 is 0 Å². The summed E-state index contributed by atoms with van der Waals surface area (Å²) < 4.78 is 0. The van der Waals surface area contributed by atoms with Crippen LogP contribution in [0.25, 0.3) is 5.57 Å². The smallest absolute Gasteiger partial charge is 0.132 e. The second kappa shape index (κ2) is 7.13. The molecule has 0 saturated heterocycles. The summed E-state index contributed by atoms with van der Waals surface area (Å²) in [5, 5.41) is 13.1. The number of nitrogens with zero attached hydrogens (tertiary/aromatic N) is 1. The Labute approximate surface area is 165 Å². The number of thioether (sulfide) groups is 1. The lowest BCUT2D eigenvalue weighted by molar-refractivity contribution is 0.231. The molecule has 140 valence electrons. The first-order valence-electron chi connectivity index (χ1n) is 9.91. The maximum absolute atomic E-state index is 3.78. The van der Waals surface area contributed by atoms with Gasteiger partial charge in [0.15, 0.2) is 0 Å². The van der Waals surface area contributed by atoms with Crippen LogP contribution in [-0.4, -0.2) is 29.2 Å². The molecule has 5 rings (SSSR count). The average Bonchev–Trinajstić information content (AvgIpc) is 3.28. The van der Waals surface area contributed by atoms with Crippen LogP contribution in [0.15, 0.2) is 71.1 Å². The minimum atomic E-state index is 0.161. The molecule has 1 aliphatic carbocycles. The maximum Gasteiger partial charge on any atom is 0.132 e. The van der Waals surface area contributed by atoms with Crippen LogP contribution in [0.5, 0.6) is 0 Å². The Kier molecular flexibility index (Phi) is 4.50. The lowest BCUT2D eigenvalue weighted by atomic mass is 9.96. The van der Waals surface area contributed by atoms with Gasteiger partial charge in [0.2, 0.25) is 0 Å². The van der Waals surface area contributed by atoms with E-state index in [-0.39, 0.29) is 6.17 Å². The van der Waals surface area contributed by atoms with Crippen LogP contribution in [0.2, 0.25) is 0 Å². The van der Waals surface area contributed by atoms with Gasteiger partial charge in [-0.2, -0.15) is 0 Å². The molecular formula is C22H26N4S. The monoisotopic (exact) mass is 378 g/mol. The molecule has 0 bridgehead atoms. The SMILES string of the molecule is CCCN(C1CC1)C1NC(C2=CNC3NC=C(c4ccccc4)C=C23)=CS1. The van der Waals surface area contributed by atoms with Gasteiger partial charge >= 0.3 is 0 Å². The molecule has 2 unspecified atom stereocenters. The van der Waals surface area contributed by atoms with Crippen molar-refractivity contribution in [2.75, 3.05) is 6.54 Å². The predicted octanol–water partition coefficient (Wildman–Crippen LogP) is 3.71. The maximum atomic E-state index is 3.78. The largest absolute Gasteiger partial charge is 0.367 e. The molecule has 3 aliphatic heterocycles. The summed E-state index contributed by atoms with van der Waals surface area (Å²) in [5.74, 6) is 0. The zero-order valence-electron chi connectivity index (χ0n) is 15.6. The standard InChI is InChI=1S/C22H26N4S/c1-2-10-26(17-8-9-17)22-25-20(14-27-22)19-13-24-21-18(19)11-16(12-23-21)15-6-4-3-5-7-15/h3-7,11-14,17,21-25H,2,8-10H2,1H3. The topological polar surface area (TPSA) is 39.3 Å². The molecular weight excluding hydrogens is 352 g/mol. The molecule has 5 heteroatoms. The molecule has 2 atom stereocenters. The van der Waals surface area contributed by atoms with Crippen molar-refractivity contribution in [1.29, 1.82) is 0 Å². The normalized spacial score (nSPS) is 26.3. The summed E-state index contributed by atoms with van der Waals surface area (Å²) in [6.07, 6.45) is 10.6. The fraction of sp³-hybridized carbons (Fsp3) is 0.364. The fourth-order valence-corrected chi connectivity index (χ4v) is 5.09. The number of allylic oxidation sites excluding steroid dienone is 3. The number of benzene rings is 1. The highest BCUT2D eigenvalue weighted by Crippen LogP contribution is 2.38. The summed E-state index contributed by atoms with van der Waals surface area (Å²) in [4.78, 5) is 2.64. The Morgan fingerprint density at radius 2 is 1.93 bits per heavy atom. The Hall–Kier alpha value is -2.11. The van der Waals surface area contributed by atoms with Gasteiger partial charge in [0, 0.05) is 36.1 Å². The van der Waals surface area contributed by atoms with Gasteiger partial charge in [0.25, 0.3) is 0 Å². The highest BCUT2D eigenvalue weighted by Gasteiger charge is 2.37. The van der Waals surface area contributed by atoms with E-state index in [9.17, 15) is 0 Å². The van der Waals surface area contributed by atoms with E-state index in [2.05, 4.69) is 82.0 Å². The average molecular weight is 379 g/mol. The molecule has 3 heterocycles. The van der Waals surface area contributed by atoms with Crippen LogP contribution < -0.4 is 16.0 Å². The molecule has 1 fully saturated rings. The zero-order chi connectivity index (χ0) is 18.2. The molecule has 1 aromatic carbocycles. The van der Waals surface area contributed by atoms with Gasteiger partial charge in [-0.1, -0.05) is 49.0 Å². The molecule has 0 radical (unpaired) electrons. The van der Waals surface area contributed by atoms with Gasteiger partial charge in [-0.25, -0.2) is 0 Å². The molecule has 0 aromatic heterocycles. The summed E-state index contributed by atoms with van der Waals surface area (Å²) in [6, 6.07) is 11.3. The van der Waals surface area contributed by atoms with E-state index in [1.165, 1.54) is 53.8 Å². The van der Waals surface area contributed by atoms with Crippen molar-refractivity contribution in [3.05, 3.63) is 76.6 Å². The summed E-state index contributed by atoms with van der Waals surface area (Å²) in [5.41, 5.74) is 6.66. The van der Waals surface area contributed by atoms with Gasteiger partial charge in [-0.15, -0.1) is 0 Å². The van der Waals surface area contributed by atoms with Crippen LogP contribution in [0.3, 0.4) is 0 Å². The quantitative estimate of drug-likeness (QED) is 0.704. The highest BCUT2D eigenvalue weighted by atomic mass is 32.2. The van der Waals surface area contributed by atoms with Crippen LogP contribution >= 0.6 is 11.8 Å². The van der Waals surface area contributed by atoms with Crippen molar-refractivity contribution in [2.24, 2.45) is 0 Å². The van der Waals surface area contributed by atoms with E-state index in [1.807, 2.05) is 11.8 Å². The number of dihydropyridines is 1. The molecule has 1 saturated carbocycles. The minimum absolute atomic E-state index is 0.161. The Morgan fingerprint density at radius 3 is 2.70 bits per heavy atom. The van der Waals surface area contributed by atoms with Crippen molar-refractivity contribution in [3.63, 3.8) is 0 Å². The van der Waals surface area contributed by atoms with Crippen LogP contribution in [0.1, 0.15) is 31.7 Å². The van der Waals surface area contributed by atoms with Crippen molar-refractivity contribution in [2.45, 2.75) is 43.9 Å². The molecule has 4 nitrogen and oxygen atoms in total. The van der Waals surface area contributed by atoms with E-state index in [0.717, 1.165) is 6.04 Å². The van der Waals surface area contributed by atoms with E-state index < -0.39 is 0 Å². The van der Waals surface area contributed by atoms with E-state index in [4.69, 9.17) is 0 Å². The first-order valence-corrected chi connectivity index (χ1v) is 10.9. The van der Waals surface area contributed by atoms with Crippen LogP contribution in [0.4, 0.5) is 0 Å². The second-order valence-corrected chi connectivity index (χ2v) is 8.48.